The number of aliphatic imine (C=N–C) groups is 1. The van der Waals surface area contributed by atoms with Crippen LogP contribution in [0, 0.1) is 11.8 Å². The summed E-state index contributed by atoms with van der Waals surface area (Å²) in [6.07, 6.45) is 1.28. The van der Waals surface area contributed by atoms with E-state index in [0.717, 1.165) is 30.3 Å². The van der Waals surface area contributed by atoms with Gasteiger partial charge in [-0.2, -0.15) is 0 Å². The van der Waals surface area contributed by atoms with Crippen LogP contribution in [0.3, 0.4) is 0 Å². The highest BCUT2D eigenvalue weighted by molar-refractivity contribution is 5.92. The molecule has 1 aliphatic rings. The van der Waals surface area contributed by atoms with Gasteiger partial charge in [0, 0.05) is 32.4 Å². The summed E-state index contributed by atoms with van der Waals surface area (Å²) in [5.74, 6) is 2.32. The minimum absolute atomic E-state index is 0.00721. The molecule has 6 heteroatoms. The van der Waals surface area contributed by atoms with Crippen LogP contribution in [-0.2, 0) is 11.3 Å². The molecule has 0 aliphatic carbocycles. The van der Waals surface area contributed by atoms with Gasteiger partial charge in [-0.1, -0.05) is 26.0 Å². The summed E-state index contributed by atoms with van der Waals surface area (Å²) in [5, 5.41) is 6.41. The Morgan fingerprint density at radius 2 is 1.96 bits per heavy atom. The largest absolute Gasteiger partial charge is 0.352 e. The maximum absolute atomic E-state index is 11.9. The Balaban J connectivity index is 1.93. The Bertz CT molecular complexity index is 618. The van der Waals surface area contributed by atoms with E-state index in [0.29, 0.717) is 24.9 Å². The van der Waals surface area contributed by atoms with Gasteiger partial charge in [0.15, 0.2) is 5.96 Å². The zero-order chi connectivity index (χ0) is 19.1. The highest BCUT2D eigenvalue weighted by Gasteiger charge is 2.23. The zero-order valence-corrected chi connectivity index (χ0v) is 16.7. The predicted octanol–water partition coefficient (Wildman–Crippen LogP) is 2.24. The minimum atomic E-state index is -0.00721. The third-order valence-corrected chi connectivity index (χ3v) is 4.50. The van der Waals surface area contributed by atoms with Gasteiger partial charge in [-0.15, -0.1) is 0 Å². The summed E-state index contributed by atoms with van der Waals surface area (Å²) < 4.78 is 0. The number of nitrogens with one attached hydrogen (secondary N) is 2. The van der Waals surface area contributed by atoms with Crippen LogP contribution >= 0.6 is 0 Å². The Morgan fingerprint density at radius 1 is 1.27 bits per heavy atom. The molecule has 144 valence electrons. The monoisotopic (exact) mass is 359 g/mol. The second kappa shape index (κ2) is 9.57. The van der Waals surface area contributed by atoms with Crippen LogP contribution in [0.1, 0.15) is 25.8 Å². The van der Waals surface area contributed by atoms with Crippen molar-refractivity contribution in [1.82, 2.24) is 15.1 Å². The molecule has 1 amide bonds. The third kappa shape index (κ3) is 6.33. The topological polar surface area (TPSA) is 60.0 Å². The number of hydrogen-bond acceptors (Lipinski definition) is 3. The molecule has 2 rings (SSSR count). The number of likely N-dealkylation sites (N-methyl/N-ethyl adjacent to an activating group) is 1. The smallest absolute Gasteiger partial charge is 0.238 e. The summed E-state index contributed by atoms with van der Waals surface area (Å²) in [7, 11) is 5.60. The molecule has 0 radical (unpaired) electrons. The fourth-order valence-electron chi connectivity index (χ4n) is 3.60. The number of rotatable bonds is 5. The number of piperidine rings is 1. The van der Waals surface area contributed by atoms with Crippen molar-refractivity contribution in [3.63, 3.8) is 0 Å². The molecule has 0 bridgehead atoms. The van der Waals surface area contributed by atoms with Crippen molar-refractivity contribution in [2.24, 2.45) is 16.8 Å². The van der Waals surface area contributed by atoms with E-state index >= 15 is 0 Å². The summed E-state index contributed by atoms with van der Waals surface area (Å²) in [4.78, 5) is 20.6. The van der Waals surface area contributed by atoms with Gasteiger partial charge < -0.3 is 20.4 Å². The Morgan fingerprint density at radius 3 is 2.58 bits per heavy atom. The second-order valence-electron chi connectivity index (χ2n) is 7.74. The van der Waals surface area contributed by atoms with Crippen LogP contribution in [0.25, 0.3) is 0 Å². The first-order valence-electron chi connectivity index (χ1n) is 9.36. The van der Waals surface area contributed by atoms with E-state index in [9.17, 15) is 4.79 Å². The maximum atomic E-state index is 11.9. The van der Waals surface area contributed by atoms with Crippen molar-refractivity contribution < 1.29 is 4.79 Å². The van der Waals surface area contributed by atoms with Crippen molar-refractivity contribution in [2.45, 2.75) is 26.8 Å². The highest BCUT2D eigenvalue weighted by atomic mass is 16.2. The molecule has 2 unspecified atom stereocenters. The summed E-state index contributed by atoms with van der Waals surface area (Å²) in [6.45, 7) is 7.75. The van der Waals surface area contributed by atoms with Gasteiger partial charge in [0.1, 0.15) is 0 Å². The van der Waals surface area contributed by atoms with Crippen molar-refractivity contribution in [3.8, 4) is 0 Å². The number of amides is 1. The van der Waals surface area contributed by atoms with Crippen LogP contribution < -0.4 is 10.6 Å². The molecule has 1 aromatic rings. The van der Waals surface area contributed by atoms with E-state index in [1.165, 1.54) is 6.42 Å². The molecule has 0 spiro atoms. The molecule has 2 N–H and O–H groups in total. The zero-order valence-electron chi connectivity index (χ0n) is 16.7. The van der Waals surface area contributed by atoms with Gasteiger partial charge in [0.25, 0.3) is 0 Å². The molecule has 1 heterocycles. The molecule has 1 fully saturated rings. The molecule has 1 aromatic carbocycles. The van der Waals surface area contributed by atoms with Crippen molar-refractivity contribution in [2.75, 3.05) is 46.1 Å². The van der Waals surface area contributed by atoms with Gasteiger partial charge in [0.05, 0.1) is 6.54 Å². The molecule has 2 atom stereocenters. The Kier molecular flexibility index (Phi) is 7.45. The van der Waals surface area contributed by atoms with E-state index in [4.69, 9.17) is 0 Å². The normalized spacial score (nSPS) is 21.0. The molecule has 6 nitrogen and oxygen atoms in total. The van der Waals surface area contributed by atoms with Gasteiger partial charge in [-0.3, -0.25) is 9.79 Å². The van der Waals surface area contributed by atoms with Crippen LogP contribution in [0.15, 0.2) is 29.3 Å². The quantitative estimate of drug-likeness (QED) is 0.625. The van der Waals surface area contributed by atoms with Crippen LogP contribution in [-0.4, -0.2) is 62.4 Å². The number of benzene rings is 1. The number of guanidine groups is 1. The molecule has 0 saturated carbocycles. The van der Waals surface area contributed by atoms with E-state index in [1.54, 1.807) is 0 Å². The molecule has 0 aromatic heterocycles. The van der Waals surface area contributed by atoms with Gasteiger partial charge in [-0.25, -0.2) is 0 Å². The van der Waals surface area contributed by atoms with Crippen molar-refractivity contribution >= 4 is 17.6 Å². The first-order chi connectivity index (χ1) is 12.4. The lowest BCUT2D eigenvalue weighted by atomic mass is 9.92. The number of likely N-dealkylation sites (tertiary alicyclic amines) is 1. The average molecular weight is 360 g/mol. The molecule has 26 heavy (non-hydrogen) atoms. The van der Waals surface area contributed by atoms with E-state index in [1.807, 2.05) is 44.2 Å². The molecule has 1 aliphatic heterocycles. The fourth-order valence-corrected chi connectivity index (χ4v) is 3.60. The molecular weight excluding hydrogens is 326 g/mol. The standard InChI is InChI=1S/C20H33N5O/c1-15-9-16(2)13-25(12-15)20(21-3)22-11-17-7-6-8-18(10-17)23-19(26)14-24(4)5/h6-8,10,15-16H,9,11-14H2,1-5H3,(H,21,22)(H,23,26). The Hall–Kier alpha value is -2.08. The summed E-state index contributed by atoms with van der Waals surface area (Å²) in [6, 6.07) is 7.95. The maximum Gasteiger partial charge on any atom is 0.238 e. The van der Waals surface area contributed by atoms with E-state index in [2.05, 4.69) is 40.4 Å². The van der Waals surface area contributed by atoms with Gasteiger partial charge >= 0.3 is 0 Å². The van der Waals surface area contributed by atoms with Crippen LogP contribution in [0.5, 0.6) is 0 Å². The molecule has 1 saturated heterocycles. The first kappa shape index (κ1) is 20.2. The molecular formula is C20H33N5O. The lowest BCUT2D eigenvalue weighted by molar-refractivity contribution is -0.116. The second-order valence-corrected chi connectivity index (χ2v) is 7.74. The van der Waals surface area contributed by atoms with Crippen LogP contribution in [0.4, 0.5) is 5.69 Å². The lowest BCUT2D eigenvalue weighted by Gasteiger charge is -2.37. The SMILES string of the molecule is CN=C(NCc1cccc(NC(=O)CN(C)C)c1)N1CC(C)CC(C)C1. The minimum Gasteiger partial charge on any atom is -0.352 e. The van der Waals surface area contributed by atoms with Crippen molar-refractivity contribution in [1.29, 1.82) is 0 Å². The number of carbonyl (C=O) groups is 1. The highest BCUT2D eigenvalue weighted by Crippen LogP contribution is 2.21. The predicted molar refractivity (Wildman–Crippen MR) is 108 cm³/mol. The van der Waals surface area contributed by atoms with E-state index in [-0.39, 0.29) is 5.91 Å². The first-order valence-corrected chi connectivity index (χ1v) is 9.36. The number of nitrogens with zero attached hydrogens (tertiary/aromatic N) is 3. The van der Waals surface area contributed by atoms with E-state index < -0.39 is 0 Å². The fraction of sp³-hybridized carbons (Fsp3) is 0.600. The average Bonchev–Trinajstić information content (AvgIpc) is 2.54. The van der Waals surface area contributed by atoms with Crippen LogP contribution in [0.2, 0.25) is 0 Å². The summed E-state index contributed by atoms with van der Waals surface area (Å²) in [5.41, 5.74) is 1.94. The lowest BCUT2D eigenvalue weighted by Crippen LogP contribution is -2.48. The number of carbonyl (C=O) groups excluding carboxylic acids is 1. The summed E-state index contributed by atoms with van der Waals surface area (Å²) >= 11 is 0. The van der Waals surface area contributed by atoms with Crippen molar-refractivity contribution in [3.05, 3.63) is 29.8 Å². The van der Waals surface area contributed by atoms with Gasteiger partial charge in [0.2, 0.25) is 5.91 Å². The Labute approximate surface area is 157 Å². The third-order valence-electron chi connectivity index (χ3n) is 4.50. The number of hydrogen-bond donors (Lipinski definition) is 2. The number of anilines is 1. The van der Waals surface area contributed by atoms with Gasteiger partial charge in [-0.05, 0) is 50.0 Å².